The van der Waals surface area contributed by atoms with Crippen molar-refractivity contribution in [2.24, 2.45) is 7.05 Å². The van der Waals surface area contributed by atoms with Crippen LogP contribution in [-0.4, -0.2) is 79.3 Å². The summed E-state index contributed by atoms with van der Waals surface area (Å²) in [5.74, 6) is -2.17. The molecule has 11 nitrogen and oxygen atoms in total. The van der Waals surface area contributed by atoms with Crippen LogP contribution in [0.1, 0.15) is 6.42 Å². The molecule has 1 aliphatic rings. The molecule has 0 radical (unpaired) electrons. The molecule has 5 rings (SSSR count). The summed E-state index contributed by atoms with van der Waals surface area (Å²) in [4.78, 5) is 6.46. The number of aromatic nitrogens is 7. The van der Waals surface area contributed by atoms with Crippen molar-refractivity contribution in [3.05, 3.63) is 48.4 Å². The number of nitrogen functional groups attached to an aromatic ring is 1. The molecular weight excluding hydrogens is 472 g/mol. The van der Waals surface area contributed by atoms with E-state index in [-0.39, 0.29) is 29.7 Å². The Kier molecular flexibility index (Phi) is 6.82. The summed E-state index contributed by atoms with van der Waals surface area (Å²) in [5, 5.41) is 15.7. The lowest BCUT2D eigenvalue weighted by Crippen LogP contribution is -2.37. The molecule has 1 aromatic carbocycles. The van der Waals surface area contributed by atoms with Gasteiger partial charge in [-0.2, -0.15) is 14.2 Å². The normalized spacial score (nSPS) is 14.3. The Labute approximate surface area is 205 Å². The summed E-state index contributed by atoms with van der Waals surface area (Å²) in [5.41, 5.74) is 7.79. The second kappa shape index (κ2) is 10.3. The summed E-state index contributed by atoms with van der Waals surface area (Å²) in [6.45, 7) is 4.18. The first-order valence-corrected chi connectivity index (χ1v) is 11.5. The van der Waals surface area contributed by atoms with Gasteiger partial charge in [0.15, 0.2) is 17.4 Å². The van der Waals surface area contributed by atoms with Crippen molar-refractivity contribution in [2.45, 2.75) is 6.42 Å². The van der Waals surface area contributed by atoms with Gasteiger partial charge in [0.1, 0.15) is 11.5 Å². The van der Waals surface area contributed by atoms with E-state index in [2.05, 4.69) is 30.5 Å². The number of hydrogen-bond acceptors (Lipinski definition) is 9. The van der Waals surface area contributed by atoms with E-state index in [0.717, 1.165) is 29.9 Å². The number of ether oxygens (including phenoxy) is 2. The summed E-state index contributed by atoms with van der Waals surface area (Å²) < 4.78 is 43.6. The van der Waals surface area contributed by atoms with Crippen LogP contribution in [0.15, 0.2) is 36.8 Å². The van der Waals surface area contributed by atoms with Crippen molar-refractivity contribution in [1.82, 2.24) is 39.9 Å². The van der Waals surface area contributed by atoms with E-state index in [1.807, 2.05) is 6.20 Å². The fourth-order valence-electron chi connectivity index (χ4n) is 3.99. The number of pyridine rings is 1. The van der Waals surface area contributed by atoms with Crippen molar-refractivity contribution in [1.29, 1.82) is 0 Å². The van der Waals surface area contributed by atoms with E-state index >= 15 is 4.39 Å². The van der Waals surface area contributed by atoms with Gasteiger partial charge in [0.25, 0.3) is 0 Å². The Hall–Kier alpha value is -3.97. The highest BCUT2D eigenvalue weighted by atomic mass is 19.2. The zero-order valence-corrected chi connectivity index (χ0v) is 19.6. The number of hydrogen-bond donors (Lipinski definition) is 1. The molecule has 4 heterocycles. The van der Waals surface area contributed by atoms with E-state index in [1.54, 1.807) is 30.2 Å². The van der Waals surface area contributed by atoms with Crippen LogP contribution in [0.4, 0.5) is 14.6 Å². The number of rotatable bonds is 8. The third-order valence-electron chi connectivity index (χ3n) is 5.90. The van der Waals surface area contributed by atoms with Crippen LogP contribution in [0.3, 0.4) is 0 Å². The molecule has 13 heteroatoms. The predicted octanol–water partition coefficient (Wildman–Crippen LogP) is 2.09. The first-order valence-electron chi connectivity index (χ1n) is 11.5. The SMILES string of the molecule is Cn1cc(-c2cnc(N)c(-c3nnnn3-c3ccc(OCCCN4CCOCC4)c(F)c3F)c2)cn1. The molecule has 0 bridgehead atoms. The first-order chi connectivity index (χ1) is 17.5. The van der Waals surface area contributed by atoms with Crippen LogP contribution < -0.4 is 10.5 Å². The lowest BCUT2D eigenvalue weighted by molar-refractivity contribution is 0.0357. The highest BCUT2D eigenvalue weighted by Crippen LogP contribution is 2.31. The number of benzene rings is 1. The monoisotopic (exact) mass is 497 g/mol. The Morgan fingerprint density at radius 3 is 2.72 bits per heavy atom. The summed E-state index contributed by atoms with van der Waals surface area (Å²) in [7, 11) is 1.80. The Bertz CT molecular complexity index is 1350. The van der Waals surface area contributed by atoms with E-state index in [9.17, 15) is 4.39 Å². The van der Waals surface area contributed by atoms with E-state index in [4.69, 9.17) is 15.2 Å². The molecule has 2 N–H and O–H groups in total. The fourth-order valence-corrected chi connectivity index (χ4v) is 3.99. The Morgan fingerprint density at radius 1 is 1.11 bits per heavy atom. The maximum absolute atomic E-state index is 15.1. The Morgan fingerprint density at radius 2 is 1.94 bits per heavy atom. The Balaban J connectivity index is 1.36. The van der Waals surface area contributed by atoms with Gasteiger partial charge in [-0.3, -0.25) is 9.58 Å². The van der Waals surface area contributed by atoms with Gasteiger partial charge in [-0.25, -0.2) is 9.37 Å². The van der Waals surface area contributed by atoms with Gasteiger partial charge in [-0.1, -0.05) is 0 Å². The van der Waals surface area contributed by atoms with Crippen LogP contribution in [0, 0.1) is 11.6 Å². The third kappa shape index (κ3) is 4.88. The van der Waals surface area contributed by atoms with E-state index in [1.165, 1.54) is 12.1 Å². The average Bonchev–Trinajstić information content (AvgIpc) is 3.55. The molecule has 4 aromatic rings. The second-order valence-electron chi connectivity index (χ2n) is 8.34. The molecular formula is C23H25F2N9O2. The number of aryl methyl sites for hydroxylation is 1. The molecule has 1 fully saturated rings. The number of halogens is 2. The fraction of sp³-hybridized carbons (Fsp3) is 0.348. The number of anilines is 1. The van der Waals surface area contributed by atoms with Crippen molar-refractivity contribution >= 4 is 5.82 Å². The van der Waals surface area contributed by atoms with E-state index in [0.29, 0.717) is 30.8 Å². The molecule has 3 aromatic heterocycles. The molecule has 0 amide bonds. The van der Waals surface area contributed by atoms with Crippen molar-refractivity contribution < 1.29 is 18.3 Å². The molecule has 1 saturated heterocycles. The second-order valence-corrected chi connectivity index (χ2v) is 8.34. The zero-order valence-electron chi connectivity index (χ0n) is 19.6. The van der Waals surface area contributed by atoms with Crippen molar-refractivity contribution in [2.75, 3.05) is 45.2 Å². The number of tetrazole rings is 1. The number of nitrogens with zero attached hydrogens (tertiary/aromatic N) is 8. The molecule has 0 unspecified atom stereocenters. The van der Waals surface area contributed by atoms with Gasteiger partial charge in [0.2, 0.25) is 5.82 Å². The largest absolute Gasteiger partial charge is 0.490 e. The molecule has 0 atom stereocenters. The van der Waals surface area contributed by atoms with Crippen LogP contribution >= 0.6 is 0 Å². The standard InChI is InChI=1S/C23H25F2N9O2/c1-32-14-16(13-28-32)15-11-17(22(26)27-12-15)23-29-30-31-34(23)18-3-4-19(21(25)20(18)24)36-8-2-5-33-6-9-35-10-7-33/h3-4,11-14H,2,5-10H2,1H3,(H2,26,27). The minimum atomic E-state index is -1.14. The first kappa shape index (κ1) is 23.8. The molecule has 0 spiro atoms. The summed E-state index contributed by atoms with van der Waals surface area (Å²) in [6.07, 6.45) is 5.76. The highest BCUT2D eigenvalue weighted by molar-refractivity contribution is 5.76. The van der Waals surface area contributed by atoms with E-state index < -0.39 is 11.6 Å². The molecule has 36 heavy (non-hydrogen) atoms. The molecule has 0 saturated carbocycles. The van der Waals surface area contributed by atoms with Gasteiger partial charge < -0.3 is 15.2 Å². The average molecular weight is 498 g/mol. The molecule has 1 aliphatic heterocycles. The minimum Gasteiger partial charge on any atom is -0.490 e. The maximum atomic E-state index is 15.1. The topological polar surface area (TPSA) is 122 Å². The summed E-state index contributed by atoms with van der Waals surface area (Å²) in [6, 6.07) is 4.45. The smallest absolute Gasteiger partial charge is 0.202 e. The van der Waals surface area contributed by atoms with Crippen LogP contribution in [-0.2, 0) is 11.8 Å². The molecule has 0 aliphatic carbocycles. The third-order valence-corrected chi connectivity index (χ3v) is 5.90. The van der Waals surface area contributed by atoms with Crippen molar-refractivity contribution in [3.63, 3.8) is 0 Å². The summed E-state index contributed by atoms with van der Waals surface area (Å²) >= 11 is 0. The maximum Gasteiger partial charge on any atom is 0.202 e. The lowest BCUT2D eigenvalue weighted by atomic mass is 10.1. The van der Waals surface area contributed by atoms with Gasteiger partial charge >= 0.3 is 0 Å². The van der Waals surface area contributed by atoms with Crippen LogP contribution in [0.2, 0.25) is 0 Å². The van der Waals surface area contributed by atoms with Gasteiger partial charge in [0, 0.05) is 50.2 Å². The lowest BCUT2D eigenvalue weighted by Gasteiger charge is -2.26. The quantitative estimate of drug-likeness (QED) is 0.365. The van der Waals surface area contributed by atoms with Gasteiger partial charge in [-0.15, -0.1) is 5.10 Å². The predicted molar refractivity (Wildman–Crippen MR) is 126 cm³/mol. The highest BCUT2D eigenvalue weighted by Gasteiger charge is 2.22. The number of morpholine rings is 1. The zero-order chi connectivity index (χ0) is 25.1. The van der Waals surface area contributed by atoms with Gasteiger partial charge in [-0.05, 0) is 35.0 Å². The van der Waals surface area contributed by atoms with Crippen LogP contribution in [0.25, 0.3) is 28.2 Å². The number of nitrogens with two attached hydrogens (primary N) is 1. The molecule has 188 valence electrons. The minimum absolute atomic E-state index is 0.114. The van der Waals surface area contributed by atoms with Crippen LogP contribution in [0.5, 0.6) is 5.75 Å². The van der Waals surface area contributed by atoms with Crippen molar-refractivity contribution in [3.8, 4) is 34.0 Å². The van der Waals surface area contributed by atoms with Gasteiger partial charge in [0.05, 0.1) is 31.6 Å².